The van der Waals surface area contributed by atoms with E-state index in [2.05, 4.69) is 59.4 Å². The predicted octanol–water partition coefficient (Wildman–Crippen LogP) is 2.37. The number of hydrogen-bond donors (Lipinski definition) is 2. The summed E-state index contributed by atoms with van der Waals surface area (Å²) in [7, 11) is 0. The molecule has 5 heteroatoms. The van der Waals surface area contributed by atoms with E-state index in [9.17, 15) is 0 Å². The molecule has 0 saturated carbocycles. The third-order valence-corrected chi connectivity index (χ3v) is 5.35. The first-order chi connectivity index (χ1) is 12.2. The molecule has 1 aliphatic rings. The highest BCUT2D eigenvalue weighted by Crippen LogP contribution is 2.31. The summed E-state index contributed by atoms with van der Waals surface area (Å²) in [6, 6.07) is 10.7. The monoisotopic (exact) mass is 346 g/mol. The molecule has 2 rings (SSSR count). The van der Waals surface area contributed by atoms with Crippen molar-refractivity contribution in [1.82, 2.24) is 10.2 Å². The number of morpholine rings is 1. The lowest BCUT2D eigenvalue weighted by Gasteiger charge is -2.31. The Morgan fingerprint density at radius 1 is 1.20 bits per heavy atom. The summed E-state index contributed by atoms with van der Waals surface area (Å²) in [4.78, 5) is 7.09. The van der Waals surface area contributed by atoms with Gasteiger partial charge in [0.05, 0.1) is 19.8 Å². The Morgan fingerprint density at radius 2 is 1.88 bits per heavy atom. The number of nitrogens with two attached hydrogens (primary N) is 1. The van der Waals surface area contributed by atoms with Gasteiger partial charge < -0.3 is 15.8 Å². The number of rotatable bonds is 9. The second-order valence-electron chi connectivity index (χ2n) is 6.79. The van der Waals surface area contributed by atoms with E-state index in [1.54, 1.807) is 0 Å². The Morgan fingerprint density at radius 3 is 2.52 bits per heavy atom. The maximum atomic E-state index is 6.09. The highest BCUT2D eigenvalue weighted by Gasteiger charge is 2.28. The normalized spacial score (nSPS) is 16.8. The van der Waals surface area contributed by atoms with Crippen molar-refractivity contribution >= 4 is 5.96 Å². The first-order valence-electron chi connectivity index (χ1n) is 9.59. The average Bonchev–Trinajstić information content (AvgIpc) is 2.68. The topological polar surface area (TPSA) is 62.9 Å². The minimum Gasteiger partial charge on any atom is -0.379 e. The number of aliphatic imine (C=N–C) groups is 1. The molecule has 3 N–H and O–H groups in total. The van der Waals surface area contributed by atoms with Crippen LogP contribution in [-0.4, -0.2) is 56.8 Å². The molecule has 0 aromatic heterocycles. The van der Waals surface area contributed by atoms with E-state index < -0.39 is 0 Å². The van der Waals surface area contributed by atoms with Gasteiger partial charge in [-0.3, -0.25) is 9.89 Å². The van der Waals surface area contributed by atoms with Crippen molar-refractivity contribution in [2.75, 3.05) is 45.9 Å². The van der Waals surface area contributed by atoms with E-state index in [4.69, 9.17) is 10.5 Å². The molecular formula is C20H34N4O. The average molecular weight is 347 g/mol. The van der Waals surface area contributed by atoms with Gasteiger partial charge in [0.15, 0.2) is 5.96 Å². The summed E-state index contributed by atoms with van der Waals surface area (Å²) < 4.78 is 5.37. The van der Waals surface area contributed by atoms with Crippen LogP contribution in [0.5, 0.6) is 0 Å². The number of ether oxygens (including phenoxy) is 1. The first-order valence-corrected chi connectivity index (χ1v) is 9.59. The molecule has 1 aromatic rings. The molecule has 0 atom stereocenters. The van der Waals surface area contributed by atoms with Gasteiger partial charge in [-0.15, -0.1) is 0 Å². The van der Waals surface area contributed by atoms with Crippen molar-refractivity contribution < 1.29 is 4.74 Å². The van der Waals surface area contributed by atoms with Crippen molar-refractivity contribution in [1.29, 1.82) is 0 Å². The minimum atomic E-state index is 0.0708. The van der Waals surface area contributed by atoms with Gasteiger partial charge in [0.25, 0.3) is 0 Å². The zero-order chi connectivity index (χ0) is 18.0. The van der Waals surface area contributed by atoms with Crippen molar-refractivity contribution in [3.05, 3.63) is 35.9 Å². The van der Waals surface area contributed by atoms with E-state index in [0.717, 1.165) is 65.2 Å². The third kappa shape index (κ3) is 6.01. The SMILES string of the molecule is CCC(CC)(CN=C(N)NCCCN1CCOCC1)c1ccccc1. The fraction of sp³-hybridized carbons (Fsp3) is 0.650. The number of hydrogen-bond acceptors (Lipinski definition) is 3. The summed E-state index contributed by atoms with van der Waals surface area (Å²) in [5, 5.41) is 3.26. The van der Waals surface area contributed by atoms with Crippen molar-refractivity contribution in [2.45, 2.75) is 38.5 Å². The van der Waals surface area contributed by atoms with E-state index in [1.807, 2.05) is 0 Å². The summed E-state index contributed by atoms with van der Waals surface area (Å²) in [5.41, 5.74) is 7.51. The fourth-order valence-electron chi connectivity index (χ4n) is 3.40. The Balaban J connectivity index is 1.79. The molecule has 0 spiro atoms. The zero-order valence-corrected chi connectivity index (χ0v) is 15.8. The third-order valence-electron chi connectivity index (χ3n) is 5.35. The predicted molar refractivity (Wildman–Crippen MR) is 105 cm³/mol. The minimum absolute atomic E-state index is 0.0708. The second-order valence-corrected chi connectivity index (χ2v) is 6.79. The lowest BCUT2D eigenvalue weighted by atomic mass is 9.76. The molecule has 0 aliphatic carbocycles. The van der Waals surface area contributed by atoms with E-state index in [-0.39, 0.29) is 5.41 Å². The number of nitrogens with one attached hydrogen (secondary N) is 1. The molecule has 1 fully saturated rings. The van der Waals surface area contributed by atoms with Gasteiger partial charge in [-0.25, -0.2) is 0 Å². The Kier molecular flexibility index (Phi) is 8.22. The van der Waals surface area contributed by atoms with Crippen LogP contribution in [0.4, 0.5) is 0 Å². The number of guanidine groups is 1. The maximum absolute atomic E-state index is 6.09. The Labute approximate surface area is 152 Å². The Hall–Kier alpha value is -1.59. The van der Waals surface area contributed by atoms with Crippen LogP contribution in [0, 0.1) is 0 Å². The van der Waals surface area contributed by atoms with Crippen molar-refractivity contribution in [2.24, 2.45) is 10.7 Å². The van der Waals surface area contributed by atoms with E-state index >= 15 is 0 Å². The molecule has 140 valence electrons. The smallest absolute Gasteiger partial charge is 0.188 e. The van der Waals surface area contributed by atoms with Crippen LogP contribution in [0.15, 0.2) is 35.3 Å². The van der Waals surface area contributed by atoms with Gasteiger partial charge in [0.1, 0.15) is 0 Å². The molecule has 0 amide bonds. The maximum Gasteiger partial charge on any atom is 0.188 e. The largest absolute Gasteiger partial charge is 0.379 e. The second kappa shape index (κ2) is 10.4. The fourth-order valence-corrected chi connectivity index (χ4v) is 3.40. The number of nitrogens with zero attached hydrogens (tertiary/aromatic N) is 2. The van der Waals surface area contributed by atoms with E-state index in [0.29, 0.717) is 5.96 Å². The number of benzene rings is 1. The molecular weight excluding hydrogens is 312 g/mol. The molecule has 25 heavy (non-hydrogen) atoms. The highest BCUT2D eigenvalue weighted by molar-refractivity contribution is 5.77. The summed E-state index contributed by atoms with van der Waals surface area (Å²) >= 11 is 0. The van der Waals surface area contributed by atoms with Gasteiger partial charge in [-0.05, 0) is 31.4 Å². The van der Waals surface area contributed by atoms with Crippen LogP contribution in [0.3, 0.4) is 0 Å². The van der Waals surface area contributed by atoms with E-state index in [1.165, 1.54) is 5.56 Å². The highest BCUT2D eigenvalue weighted by atomic mass is 16.5. The summed E-state index contributed by atoms with van der Waals surface area (Å²) in [6.45, 7) is 10.9. The lowest BCUT2D eigenvalue weighted by Crippen LogP contribution is -2.39. The van der Waals surface area contributed by atoms with Gasteiger partial charge in [-0.1, -0.05) is 44.2 Å². The Bertz CT molecular complexity index is 508. The quantitative estimate of drug-likeness (QED) is 0.409. The van der Waals surface area contributed by atoms with Crippen LogP contribution in [0.25, 0.3) is 0 Å². The van der Waals surface area contributed by atoms with Crippen LogP contribution in [0.1, 0.15) is 38.7 Å². The summed E-state index contributed by atoms with van der Waals surface area (Å²) in [6.07, 6.45) is 3.18. The van der Waals surface area contributed by atoms with Gasteiger partial charge >= 0.3 is 0 Å². The van der Waals surface area contributed by atoms with Gasteiger partial charge in [-0.2, -0.15) is 0 Å². The van der Waals surface area contributed by atoms with Gasteiger partial charge in [0, 0.05) is 25.0 Å². The van der Waals surface area contributed by atoms with Crippen LogP contribution in [0.2, 0.25) is 0 Å². The molecule has 1 saturated heterocycles. The zero-order valence-electron chi connectivity index (χ0n) is 15.8. The standard InChI is InChI=1S/C20H34N4O/c1-3-20(4-2,18-9-6-5-7-10-18)17-23-19(21)22-11-8-12-24-13-15-25-16-14-24/h5-7,9-10H,3-4,8,11-17H2,1-2H3,(H3,21,22,23). The van der Waals surface area contributed by atoms with Crippen LogP contribution >= 0.6 is 0 Å². The molecule has 0 radical (unpaired) electrons. The van der Waals surface area contributed by atoms with Crippen molar-refractivity contribution in [3.63, 3.8) is 0 Å². The molecule has 1 aliphatic heterocycles. The molecule has 1 heterocycles. The molecule has 0 unspecified atom stereocenters. The first kappa shape index (κ1) is 19.7. The molecule has 5 nitrogen and oxygen atoms in total. The molecule has 1 aromatic carbocycles. The van der Waals surface area contributed by atoms with Crippen LogP contribution < -0.4 is 11.1 Å². The van der Waals surface area contributed by atoms with Gasteiger partial charge in [0.2, 0.25) is 0 Å². The lowest BCUT2D eigenvalue weighted by molar-refractivity contribution is 0.0376. The van der Waals surface area contributed by atoms with Crippen LogP contribution in [-0.2, 0) is 10.2 Å². The summed E-state index contributed by atoms with van der Waals surface area (Å²) in [5.74, 6) is 0.559. The molecule has 0 bridgehead atoms. The van der Waals surface area contributed by atoms with Crippen molar-refractivity contribution in [3.8, 4) is 0 Å².